The molecule has 1 N–H and O–H groups in total. The van der Waals surface area contributed by atoms with Crippen LogP contribution in [0.5, 0.6) is 0 Å². The molecule has 0 aromatic carbocycles. The Morgan fingerprint density at radius 2 is 1.95 bits per heavy atom. The highest BCUT2D eigenvalue weighted by Gasteiger charge is 2.24. The first-order valence-corrected chi connectivity index (χ1v) is 9.17. The monoisotopic (exact) mass is 328 g/mol. The number of nitrogens with zero attached hydrogens (tertiary/aromatic N) is 3. The van der Waals surface area contributed by atoms with Crippen LogP contribution in [0.15, 0.2) is 28.7 Å². The van der Waals surface area contributed by atoms with E-state index in [4.69, 9.17) is 0 Å². The number of aromatic nitrogens is 3. The summed E-state index contributed by atoms with van der Waals surface area (Å²) in [5.41, 5.74) is 0. The van der Waals surface area contributed by atoms with Gasteiger partial charge in [-0.15, -0.1) is 11.3 Å². The molecule has 6 nitrogen and oxygen atoms in total. The van der Waals surface area contributed by atoms with Gasteiger partial charge in [-0.05, 0) is 24.5 Å². The highest BCUT2D eigenvalue weighted by molar-refractivity contribution is 7.91. The molecule has 0 aliphatic heterocycles. The van der Waals surface area contributed by atoms with Gasteiger partial charge in [0.05, 0.1) is 18.9 Å². The van der Waals surface area contributed by atoms with Crippen molar-refractivity contribution in [3.05, 3.63) is 29.4 Å². The SMILES string of the molecule is CCc1ccc(S(=O)(=O)N[C@@H](Cn2nccn2)C(C)C)s1. The summed E-state index contributed by atoms with van der Waals surface area (Å²) in [7, 11) is -3.50. The topological polar surface area (TPSA) is 76.9 Å². The lowest BCUT2D eigenvalue weighted by molar-refractivity contribution is 0.361. The van der Waals surface area contributed by atoms with E-state index in [0.717, 1.165) is 11.3 Å². The highest BCUT2D eigenvalue weighted by Crippen LogP contribution is 2.22. The average molecular weight is 328 g/mol. The minimum absolute atomic E-state index is 0.136. The number of rotatable bonds is 7. The molecule has 21 heavy (non-hydrogen) atoms. The van der Waals surface area contributed by atoms with Gasteiger partial charge in [0.25, 0.3) is 0 Å². The molecular formula is C13H20N4O2S2. The van der Waals surface area contributed by atoms with Gasteiger partial charge >= 0.3 is 0 Å². The van der Waals surface area contributed by atoms with Gasteiger partial charge in [0, 0.05) is 10.9 Å². The quantitative estimate of drug-likeness (QED) is 0.842. The molecule has 1 atom stereocenters. The van der Waals surface area contributed by atoms with Gasteiger partial charge in [-0.25, -0.2) is 13.1 Å². The second-order valence-electron chi connectivity index (χ2n) is 5.13. The lowest BCUT2D eigenvalue weighted by atomic mass is 10.1. The summed E-state index contributed by atoms with van der Waals surface area (Å²) in [4.78, 5) is 2.56. The van der Waals surface area contributed by atoms with Crippen molar-refractivity contribution in [2.75, 3.05) is 0 Å². The average Bonchev–Trinajstić information content (AvgIpc) is 3.08. The van der Waals surface area contributed by atoms with Crippen molar-refractivity contribution in [1.82, 2.24) is 19.7 Å². The molecule has 0 saturated heterocycles. The van der Waals surface area contributed by atoms with Crippen LogP contribution in [0.1, 0.15) is 25.6 Å². The van der Waals surface area contributed by atoms with E-state index in [0.29, 0.717) is 10.8 Å². The van der Waals surface area contributed by atoms with E-state index in [-0.39, 0.29) is 12.0 Å². The van der Waals surface area contributed by atoms with Gasteiger partial charge in [-0.2, -0.15) is 15.0 Å². The Morgan fingerprint density at radius 1 is 1.29 bits per heavy atom. The predicted molar refractivity (Wildman–Crippen MR) is 82.7 cm³/mol. The molecule has 0 bridgehead atoms. The molecule has 0 radical (unpaired) electrons. The summed E-state index contributed by atoms with van der Waals surface area (Å²) in [6, 6.07) is 3.27. The number of thiophene rings is 1. The second kappa shape index (κ2) is 6.67. The molecule has 2 heterocycles. The summed E-state index contributed by atoms with van der Waals surface area (Å²) < 4.78 is 28.0. The summed E-state index contributed by atoms with van der Waals surface area (Å²) in [6.45, 7) is 6.37. The maximum Gasteiger partial charge on any atom is 0.250 e. The first-order valence-electron chi connectivity index (χ1n) is 6.87. The lowest BCUT2D eigenvalue weighted by Gasteiger charge is -2.21. The van der Waals surface area contributed by atoms with Crippen molar-refractivity contribution < 1.29 is 8.42 Å². The molecule has 0 aliphatic rings. The normalized spacial score (nSPS) is 13.7. The number of hydrogen-bond acceptors (Lipinski definition) is 5. The van der Waals surface area contributed by atoms with Crippen molar-refractivity contribution >= 4 is 21.4 Å². The Labute approximate surface area is 129 Å². The van der Waals surface area contributed by atoms with E-state index in [9.17, 15) is 8.42 Å². The zero-order valence-corrected chi connectivity index (χ0v) is 14.0. The number of sulfonamides is 1. The van der Waals surface area contributed by atoms with Crippen molar-refractivity contribution in [2.24, 2.45) is 5.92 Å². The summed E-state index contributed by atoms with van der Waals surface area (Å²) in [5.74, 6) is 0.136. The van der Waals surface area contributed by atoms with Crippen molar-refractivity contribution in [2.45, 2.75) is 44.0 Å². The second-order valence-corrected chi connectivity index (χ2v) is 8.24. The van der Waals surface area contributed by atoms with Gasteiger partial charge < -0.3 is 0 Å². The molecular weight excluding hydrogens is 308 g/mol. The van der Waals surface area contributed by atoms with Crippen LogP contribution in [0.3, 0.4) is 0 Å². The van der Waals surface area contributed by atoms with Crippen LogP contribution in [0, 0.1) is 5.92 Å². The fourth-order valence-corrected chi connectivity index (χ4v) is 4.54. The van der Waals surface area contributed by atoms with Gasteiger partial charge in [0.2, 0.25) is 10.0 Å². The first kappa shape index (κ1) is 16.1. The predicted octanol–water partition coefficient (Wildman–Crippen LogP) is 1.91. The zero-order valence-electron chi connectivity index (χ0n) is 12.4. The Kier molecular flexibility index (Phi) is 5.13. The van der Waals surface area contributed by atoms with E-state index < -0.39 is 10.0 Å². The van der Waals surface area contributed by atoms with Gasteiger partial charge in [0.15, 0.2) is 0 Å². The third-order valence-electron chi connectivity index (χ3n) is 3.19. The molecule has 2 aromatic rings. The minimum Gasteiger partial charge on any atom is -0.206 e. The molecule has 0 amide bonds. The number of aryl methyl sites for hydroxylation is 1. The summed E-state index contributed by atoms with van der Waals surface area (Å²) in [5, 5.41) is 8.06. The Balaban J connectivity index is 2.15. The molecule has 2 aromatic heterocycles. The maximum atomic E-state index is 12.5. The number of hydrogen-bond donors (Lipinski definition) is 1. The Morgan fingerprint density at radius 3 is 2.48 bits per heavy atom. The smallest absolute Gasteiger partial charge is 0.206 e. The molecule has 0 spiro atoms. The fourth-order valence-electron chi connectivity index (χ4n) is 1.85. The molecule has 0 unspecified atom stereocenters. The van der Waals surface area contributed by atoms with Crippen LogP contribution < -0.4 is 4.72 Å². The van der Waals surface area contributed by atoms with Crippen molar-refractivity contribution in [1.29, 1.82) is 0 Å². The van der Waals surface area contributed by atoms with Crippen LogP contribution in [0.25, 0.3) is 0 Å². The van der Waals surface area contributed by atoms with Gasteiger partial charge in [-0.3, -0.25) is 0 Å². The van der Waals surface area contributed by atoms with Crippen molar-refractivity contribution in [3.8, 4) is 0 Å². The first-order chi connectivity index (χ1) is 9.92. The van der Waals surface area contributed by atoms with Crippen LogP contribution in [0.2, 0.25) is 0 Å². The largest absolute Gasteiger partial charge is 0.250 e. The van der Waals surface area contributed by atoms with Gasteiger partial charge in [-0.1, -0.05) is 20.8 Å². The standard InChI is InChI=1S/C13H20N4O2S2/c1-4-11-5-6-13(20-11)21(18,19)16-12(10(2)3)9-17-14-7-8-15-17/h5-8,10,12,16H,4,9H2,1-3H3/t12-/m0/s1. The summed E-state index contributed by atoms with van der Waals surface area (Å²) in [6.07, 6.45) is 4.00. The molecule has 0 aliphatic carbocycles. The maximum absolute atomic E-state index is 12.5. The summed E-state index contributed by atoms with van der Waals surface area (Å²) >= 11 is 1.31. The zero-order chi connectivity index (χ0) is 15.5. The van der Waals surface area contributed by atoms with E-state index in [1.54, 1.807) is 18.5 Å². The fraction of sp³-hybridized carbons (Fsp3) is 0.538. The van der Waals surface area contributed by atoms with E-state index in [1.165, 1.54) is 16.1 Å². The molecule has 2 rings (SSSR count). The Hall–Kier alpha value is -1.25. The van der Waals surface area contributed by atoms with E-state index >= 15 is 0 Å². The van der Waals surface area contributed by atoms with Crippen molar-refractivity contribution in [3.63, 3.8) is 0 Å². The molecule has 116 valence electrons. The van der Waals surface area contributed by atoms with E-state index in [1.807, 2.05) is 26.8 Å². The van der Waals surface area contributed by atoms with Crippen LogP contribution >= 0.6 is 11.3 Å². The van der Waals surface area contributed by atoms with Gasteiger partial charge in [0.1, 0.15) is 4.21 Å². The van der Waals surface area contributed by atoms with Crippen LogP contribution in [-0.2, 0) is 23.0 Å². The lowest BCUT2D eigenvalue weighted by Crippen LogP contribution is -2.41. The molecule has 8 heteroatoms. The highest BCUT2D eigenvalue weighted by atomic mass is 32.2. The number of nitrogens with one attached hydrogen (secondary N) is 1. The van der Waals surface area contributed by atoms with Crippen LogP contribution in [-0.4, -0.2) is 29.5 Å². The Bertz CT molecular complexity index is 662. The van der Waals surface area contributed by atoms with Crippen LogP contribution in [0.4, 0.5) is 0 Å². The molecule has 0 saturated carbocycles. The third kappa shape index (κ3) is 4.12. The molecule has 0 fully saturated rings. The third-order valence-corrected chi connectivity index (χ3v) is 6.40. The minimum atomic E-state index is -3.50. The van der Waals surface area contributed by atoms with E-state index in [2.05, 4.69) is 14.9 Å².